The third-order valence-corrected chi connectivity index (χ3v) is 4.46. The van der Waals surface area contributed by atoms with Crippen molar-refractivity contribution < 1.29 is 14.3 Å². The van der Waals surface area contributed by atoms with Gasteiger partial charge in [-0.1, -0.05) is 12.8 Å². The Morgan fingerprint density at radius 3 is 2.19 bits per heavy atom. The fraction of sp³-hybridized carbons (Fsp3) is 0.500. The van der Waals surface area contributed by atoms with Gasteiger partial charge in [0.2, 0.25) is 11.8 Å². The van der Waals surface area contributed by atoms with Crippen LogP contribution in [-0.2, 0) is 9.59 Å². The minimum Gasteiger partial charge on any atom is -0.497 e. The number of ether oxygens (including phenoxy) is 1. The molecule has 0 aromatic heterocycles. The van der Waals surface area contributed by atoms with E-state index < -0.39 is 0 Å². The van der Waals surface area contributed by atoms with Crippen LogP contribution in [0.2, 0.25) is 0 Å². The first kappa shape index (κ1) is 13.9. The molecule has 2 amide bonds. The summed E-state index contributed by atoms with van der Waals surface area (Å²) in [7, 11) is 1.62. The highest BCUT2D eigenvalue weighted by Gasteiger charge is 2.47. The number of methoxy groups -OCH3 is 1. The van der Waals surface area contributed by atoms with E-state index in [1.54, 1.807) is 7.11 Å². The molecule has 5 nitrogen and oxygen atoms in total. The molecule has 1 aromatic rings. The van der Waals surface area contributed by atoms with Crippen LogP contribution < -0.4 is 10.1 Å². The summed E-state index contributed by atoms with van der Waals surface area (Å²) in [6.45, 7) is 0.247. The molecule has 0 radical (unpaired) electrons. The van der Waals surface area contributed by atoms with Crippen LogP contribution in [0.15, 0.2) is 24.3 Å². The Morgan fingerprint density at radius 2 is 1.67 bits per heavy atom. The number of carbonyl (C=O) groups is 2. The average molecular weight is 288 g/mol. The van der Waals surface area contributed by atoms with Crippen LogP contribution in [0.4, 0.5) is 5.69 Å². The summed E-state index contributed by atoms with van der Waals surface area (Å²) in [6, 6.07) is 7.43. The van der Waals surface area contributed by atoms with E-state index in [0.29, 0.717) is 0 Å². The molecule has 2 aliphatic rings. The number of imide groups is 1. The number of nitrogens with one attached hydrogen (secondary N) is 1. The van der Waals surface area contributed by atoms with Gasteiger partial charge in [0.05, 0.1) is 25.6 Å². The Kier molecular flexibility index (Phi) is 3.82. The minimum absolute atomic E-state index is 0.00860. The molecule has 21 heavy (non-hydrogen) atoms. The SMILES string of the molecule is COc1ccc(NCN2C(=O)[C@H]3CCCC[C@H]3C2=O)cc1. The molecule has 0 unspecified atom stereocenters. The van der Waals surface area contributed by atoms with Gasteiger partial charge in [0, 0.05) is 5.69 Å². The zero-order valence-corrected chi connectivity index (χ0v) is 12.2. The number of hydrogen-bond acceptors (Lipinski definition) is 4. The van der Waals surface area contributed by atoms with Gasteiger partial charge in [0.25, 0.3) is 0 Å². The minimum atomic E-state index is -0.0797. The van der Waals surface area contributed by atoms with Crippen LogP contribution in [0.5, 0.6) is 5.75 Å². The molecule has 1 saturated heterocycles. The van der Waals surface area contributed by atoms with Gasteiger partial charge in [0.15, 0.2) is 0 Å². The molecule has 0 bridgehead atoms. The standard InChI is InChI=1S/C16H20N2O3/c1-21-12-8-6-11(7-9-12)17-10-18-15(19)13-4-2-3-5-14(13)16(18)20/h6-9,13-14,17H,2-5,10H2,1H3/t13-,14+. The second-order valence-corrected chi connectivity index (χ2v) is 5.67. The quantitative estimate of drug-likeness (QED) is 0.863. The molecule has 3 rings (SSSR count). The van der Waals surface area contributed by atoms with E-state index in [4.69, 9.17) is 4.74 Å². The number of benzene rings is 1. The summed E-state index contributed by atoms with van der Waals surface area (Å²) in [4.78, 5) is 26.0. The van der Waals surface area contributed by atoms with Crippen LogP contribution >= 0.6 is 0 Å². The van der Waals surface area contributed by atoms with Crippen LogP contribution in [0, 0.1) is 11.8 Å². The Labute approximate surface area is 124 Å². The van der Waals surface area contributed by atoms with E-state index in [2.05, 4.69) is 5.32 Å². The molecule has 1 aliphatic carbocycles. The highest BCUT2D eigenvalue weighted by Crippen LogP contribution is 2.37. The molecule has 2 fully saturated rings. The van der Waals surface area contributed by atoms with E-state index in [1.165, 1.54) is 4.90 Å². The van der Waals surface area contributed by atoms with E-state index >= 15 is 0 Å². The Bertz CT molecular complexity index is 517. The number of nitrogens with zero attached hydrogens (tertiary/aromatic N) is 1. The Balaban J connectivity index is 1.64. The van der Waals surface area contributed by atoms with Gasteiger partial charge < -0.3 is 10.1 Å². The zero-order chi connectivity index (χ0) is 14.8. The lowest BCUT2D eigenvalue weighted by atomic mass is 9.81. The predicted octanol–water partition coefficient (Wildman–Crippen LogP) is 2.24. The molecule has 1 N–H and O–H groups in total. The van der Waals surface area contributed by atoms with E-state index in [9.17, 15) is 9.59 Å². The fourth-order valence-electron chi connectivity index (χ4n) is 3.27. The van der Waals surface area contributed by atoms with Crippen molar-refractivity contribution in [3.63, 3.8) is 0 Å². The lowest BCUT2D eigenvalue weighted by Gasteiger charge is -2.19. The van der Waals surface area contributed by atoms with E-state index in [-0.39, 0.29) is 30.3 Å². The van der Waals surface area contributed by atoms with Crippen LogP contribution in [0.3, 0.4) is 0 Å². The van der Waals surface area contributed by atoms with Gasteiger partial charge in [-0.3, -0.25) is 14.5 Å². The van der Waals surface area contributed by atoms with Crippen LogP contribution in [-0.4, -0.2) is 30.5 Å². The number of fused-ring (bicyclic) bond motifs is 1. The molecule has 112 valence electrons. The van der Waals surface area contributed by atoms with Crippen molar-refractivity contribution in [2.45, 2.75) is 25.7 Å². The summed E-state index contributed by atoms with van der Waals surface area (Å²) in [5.41, 5.74) is 0.867. The van der Waals surface area contributed by atoms with Gasteiger partial charge in [0.1, 0.15) is 5.75 Å². The maximum absolute atomic E-state index is 12.3. The average Bonchev–Trinajstić information content (AvgIpc) is 2.78. The zero-order valence-electron chi connectivity index (χ0n) is 12.2. The molecule has 1 aromatic carbocycles. The number of hydrogen-bond donors (Lipinski definition) is 1. The van der Waals surface area contributed by atoms with Crippen molar-refractivity contribution in [3.8, 4) is 5.75 Å². The monoisotopic (exact) mass is 288 g/mol. The van der Waals surface area contributed by atoms with Crippen molar-refractivity contribution in [2.75, 3.05) is 19.1 Å². The molecule has 2 atom stereocenters. The Hall–Kier alpha value is -2.04. The second-order valence-electron chi connectivity index (χ2n) is 5.67. The van der Waals surface area contributed by atoms with Gasteiger partial charge in [-0.25, -0.2) is 0 Å². The normalized spacial score (nSPS) is 24.9. The van der Waals surface area contributed by atoms with Crippen molar-refractivity contribution in [1.82, 2.24) is 4.90 Å². The van der Waals surface area contributed by atoms with Crippen molar-refractivity contribution in [2.24, 2.45) is 11.8 Å². The van der Waals surface area contributed by atoms with E-state index in [0.717, 1.165) is 37.1 Å². The summed E-state index contributed by atoms with van der Waals surface area (Å²) in [5.74, 6) is 0.601. The smallest absolute Gasteiger partial charge is 0.234 e. The topological polar surface area (TPSA) is 58.6 Å². The maximum Gasteiger partial charge on any atom is 0.234 e. The first-order chi connectivity index (χ1) is 10.2. The lowest BCUT2D eigenvalue weighted by molar-refractivity contribution is -0.139. The highest BCUT2D eigenvalue weighted by molar-refractivity contribution is 6.05. The first-order valence-corrected chi connectivity index (χ1v) is 7.44. The third kappa shape index (κ3) is 2.60. The van der Waals surface area contributed by atoms with Crippen LogP contribution in [0.25, 0.3) is 0 Å². The Morgan fingerprint density at radius 1 is 1.10 bits per heavy atom. The lowest BCUT2D eigenvalue weighted by Crippen LogP contribution is -2.35. The second kappa shape index (κ2) is 5.76. The molecule has 1 aliphatic heterocycles. The number of anilines is 1. The molecular weight excluding hydrogens is 268 g/mol. The summed E-state index contributed by atoms with van der Waals surface area (Å²) in [6.07, 6.45) is 3.82. The van der Waals surface area contributed by atoms with Gasteiger partial charge in [-0.2, -0.15) is 0 Å². The van der Waals surface area contributed by atoms with E-state index in [1.807, 2.05) is 24.3 Å². The van der Waals surface area contributed by atoms with Gasteiger partial charge >= 0.3 is 0 Å². The van der Waals surface area contributed by atoms with Crippen LogP contribution in [0.1, 0.15) is 25.7 Å². The highest BCUT2D eigenvalue weighted by atomic mass is 16.5. The van der Waals surface area contributed by atoms with Crippen molar-refractivity contribution in [1.29, 1.82) is 0 Å². The largest absolute Gasteiger partial charge is 0.497 e. The predicted molar refractivity (Wildman–Crippen MR) is 78.8 cm³/mol. The molecular formula is C16H20N2O3. The van der Waals surface area contributed by atoms with Crippen molar-refractivity contribution in [3.05, 3.63) is 24.3 Å². The number of rotatable bonds is 4. The molecule has 1 saturated carbocycles. The number of amides is 2. The molecule has 0 spiro atoms. The van der Waals surface area contributed by atoms with Gasteiger partial charge in [-0.05, 0) is 37.1 Å². The molecule has 1 heterocycles. The maximum atomic E-state index is 12.3. The summed E-state index contributed by atoms with van der Waals surface area (Å²) in [5, 5.41) is 3.14. The number of likely N-dealkylation sites (tertiary alicyclic amines) is 1. The number of carbonyl (C=O) groups excluding carboxylic acids is 2. The summed E-state index contributed by atoms with van der Waals surface area (Å²) < 4.78 is 5.10. The first-order valence-electron chi connectivity index (χ1n) is 7.44. The summed E-state index contributed by atoms with van der Waals surface area (Å²) >= 11 is 0. The van der Waals surface area contributed by atoms with Gasteiger partial charge in [-0.15, -0.1) is 0 Å². The fourth-order valence-corrected chi connectivity index (χ4v) is 3.27. The third-order valence-electron chi connectivity index (χ3n) is 4.46. The molecule has 5 heteroatoms. The van der Waals surface area contributed by atoms with Crippen molar-refractivity contribution >= 4 is 17.5 Å².